The Balaban J connectivity index is 1.60. The average Bonchev–Trinajstić information content (AvgIpc) is 3.02. The number of nitrogens with zero attached hydrogens (tertiary/aromatic N) is 1. The van der Waals surface area contributed by atoms with Crippen LogP contribution >= 0.6 is 0 Å². The van der Waals surface area contributed by atoms with E-state index in [1.54, 1.807) is 0 Å². The number of esters is 1. The molecule has 0 spiro atoms. The SMILES string of the molecule is CCOC(=O)[C@@H]1CCC[NH+](Cc2nc3c(oc4ccccc43)c(=O)[nH]2)C1. The Morgan fingerprint density at radius 2 is 2.27 bits per heavy atom. The number of quaternary nitrogens is 1. The molecule has 3 heterocycles. The van der Waals surface area contributed by atoms with Gasteiger partial charge in [0.1, 0.15) is 23.6 Å². The molecule has 1 aliphatic rings. The first-order chi connectivity index (χ1) is 12.7. The Kier molecular flexibility index (Phi) is 4.46. The number of piperidine rings is 1. The maximum Gasteiger partial charge on any atom is 0.314 e. The Bertz CT molecular complexity index is 1010. The maximum atomic E-state index is 12.4. The number of rotatable bonds is 4. The molecule has 0 amide bonds. The normalized spacial score (nSPS) is 20.5. The van der Waals surface area contributed by atoms with Crippen molar-refractivity contribution in [2.75, 3.05) is 19.7 Å². The van der Waals surface area contributed by atoms with Gasteiger partial charge in [-0.15, -0.1) is 0 Å². The lowest BCUT2D eigenvalue weighted by Crippen LogP contribution is -3.12. The van der Waals surface area contributed by atoms with Gasteiger partial charge >= 0.3 is 5.97 Å². The second-order valence-corrected chi connectivity index (χ2v) is 6.76. The number of nitrogens with one attached hydrogen (secondary N) is 2. The van der Waals surface area contributed by atoms with Crippen LogP contribution in [-0.4, -0.2) is 35.6 Å². The molecule has 1 aliphatic heterocycles. The Labute approximate surface area is 150 Å². The molecule has 0 saturated carbocycles. The number of carbonyl (C=O) groups excluding carboxylic acids is 1. The molecule has 136 valence electrons. The predicted molar refractivity (Wildman–Crippen MR) is 95.9 cm³/mol. The quantitative estimate of drug-likeness (QED) is 0.682. The Morgan fingerprint density at radius 3 is 3.12 bits per heavy atom. The molecular weight excluding hydrogens is 334 g/mol. The molecule has 4 rings (SSSR count). The summed E-state index contributed by atoms with van der Waals surface area (Å²) in [5.74, 6) is 0.417. The van der Waals surface area contributed by atoms with Crippen LogP contribution in [0.2, 0.25) is 0 Å². The molecule has 7 heteroatoms. The van der Waals surface area contributed by atoms with Gasteiger partial charge in [-0.05, 0) is 31.9 Å². The van der Waals surface area contributed by atoms with Crippen molar-refractivity contribution in [1.29, 1.82) is 0 Å². The third kappa shape index (κ3) is 3.10. The van der Waals surface area contributed by atoms with E-state index in [-0.39, 0.29) is 23.0 Å². The van der Waals surface area contributed by atoms with Gasteiger partial charge in [0.25, 0.3) is 5.56 Å². The van der Waals surface area contributed by atoms with Crippen LogP contribution in [0.5, 0.6) is 0 Å². The topological polar surface area (TPSA) is 89.6 Å². The van der Waals surface area contributed by atoms with Crippen LogP contribution in [-0.2, 0) is 16.1 Å². The minimum absolute atomic E-state index is 0.0797. The van der Waals surface area contributed by atoms with Crippen LogP contribution in [0.3, 0.4) is 0 Å². The van der Waals surface area contributed by atoms with Crippen molar-refractivity contribution in [3.05, 3.63) is 40.4 Å². The van der Waals surface area contributed by atoms with Gasteiger partial charge in [-0.25, -0.2) is 4.98 Å². The number of likely N-dealkylation sites (tertiary alicyclic amines) is 1. The highest BCUT2D eigenvalue weighted by molar-refractivity contribution is 6.01. The summed E-state index contributed by atoms with van der Waals surface area (Å²) in [5.41, 5.74) is 1.25. The highest BCUT2D eigenvalue weighted by atomic mass is 16.5. The number of aromatic amines is 1. The number of aromatic nitrogens is 2. The fraction of sp³-hybridized carbons (Fsp3) is 0.421. The van der Waals surface area contributed by atoms with Crippen molar-refractivity contribution in [1.82, 2.24) is 9.97 Å². The Morgan fingerprint density at radius 1 is 1.42 bits per heavy atom. The summed E-state index contributed by atoms with van der Waals surface area (Å²) in [6, 6.07) is 7.50. The molecule has 3 aromatic rings. The van der Waals surface area contributed by atoms with Gasteiger partial charge in [-0.1, -0.05) is 12.1 Å². The van der Waals surface area contributed by atoms with Gasteiger partial charge in [-0.2, -0.15) is 0 Å². The first kappa shape index (κ1) is 16.8. The van der Waals surface area contributed by atoms with Crippen molar-refractivity contribution in [2.45, 2.75) is 26.3 Å². The van der Waals surface area contributed by atoms with E-state index in [2.05, 4.69) is 9.97 Å². The highest BCUT2D eigenvalue weighted by Gasteiger charge is 2.30. The predicted octanol–water partition coefficient (Wildman–Crippen LogP) is 1.03. The molecule has 1 aromatic carbocycles. The molecule has 26 heavy (non-hydrogen) atoms. The van der Waals surface area contributed by atoms with Crippen LogP contribution in [0.15, 0.2) is 33.5 Å². The van der Waals surface area contributed by atoms with Gasteiger partial charge in [0.05, 0.1) is 19.7 Å². The summed E-state index contributed by atoms with van der Waals surface area (Å²) in [6.07, 6.45) is 1.82. The van der Waals surface area contributed by atoms with Crippen LogP contribution in [0.4, 0.5) is 0 Å². The maximum absolute atomic E-state index is 12.4. The average molecular weight is 356 g/mol. The molecule has 1 saturated heterocycles. The van der Waals surface area contributed by atoms with Gasteiger partial charge < -0.3 is 19.0 Å². The van der Waals surface area contributed by atoms with Gasteiger partial charge in [0, 0.05) is 5.39 Å². The van der Waals surface area contributed by atoms with Crippen molar-refractivity contribution in [3.8, 4) is 0 Å². The standard InChI is InChI=1S/C19H21N3O4/c1-2-25-19(24)12-6-5-9-22(10-12)11-15-20-16-13-7-3-4-8-14(13)26-17(16)18(23)21-15/h3-4,7-8,12H,2,5-6,9-11H2,1H3,(H,20,21,23)/p+1/t12-/m1/s1. The van der Waals surface area contributed by atoms with Crippen molar-refractivity contribution >= 4 is 28.0 Å². The minimum atomic E-state index is -0.264. The van der Waals surface area contributed by atoms with Gasteiger partial charge in [-0.3, -0.25) is 9.59 Å². The number of hydrogen-bond donors (Lipinski definition) is 2. The number of H-pyrrole nitrogens is 1. The van der Waals surface area contributed by atoms with E-state index < -0.39 is 0 Å². The summed E-state index contributed by atoms with van der Waals surface area (Å²) in [6.45, 7) is 4.45. The third-order valence-electron chi connectivity index (χ3n) is 4.94. The van der Waals surface area contributed by atoms with E-state index in [4.69, 9.17) is 9.15 Å². The van der Waals surface area contributed by atoms with E-state index in [0.29, 0.717) is 36.6 Å². The van der Waals surface area contributed by atoms with E-state index in [0.717, 1.165) is 24.8 Å². The molecule has 2 N–H and O–H groups in total. The number of para-hydroxylation sites is 1. The van der Waals surface area contributed by atoms with Crippen molar-refractivity contribution in [2.24, 2.45) is 5.92 Å². The van der Waals surface area contributed by atoms with Gasteiger partial charge in [0.15, 0.2) is 5.82 Å². The highest BCUT2D eigenvalue weighted by Crippen LogP contribution is 2.24. The Hall–Kier alpha value is -2.67. The molecule has 2 atom stereocenters. The molecule has 1 fully saturated rings. The lowest BCUT2D eigenvalue weighted by Gasteiger charge is -2.28. The van der Waals surface area contributed by atoms with Crippen LogP contribution in [0.1, 0.15) is 25.6 Å². The zero-order valence-electron chi connectivity index (χ0n) is 14.7. The van der Waals surface area contributed by atoms with Gasteiger partial charge in [0.2, 0.25) is 5.58 Å². The number of hydrogen-bond acceptors (Lipinski definition) is 5. The van der Waals surface area contributed by atoms with E-state index in [1.165, 1.54) is 4.90 Å². The lowest BCUT2D eigenvalue weighted by molar-refractivity contribution is -0.921. The molecule has 7 nitrogen and oxygen atoms in total. The van der Waals surface area contributed by atoms with Crippen molar-refractivity contribution in [3.63, 3.8) is 0 Å². The van der Waals surface area contributed by atoms with Crippen LogP contribution in [0, 0.1) is 5.92 Å². The monoisotopic (exact) mass is 356 g/mol. The van der Waals surface area contributed by atoms with E-state index in [1.807, 2.05) is 31.2 Å². The zero-order chi connectivity index (χ0) is 18.1. The summed E-state index contributed by atoms with van der Waals surface area (Å²) >= 11 is 0. The third-order valence-corrected chi connectivity index (χ3v) is 4.94. The summed E-state index contributed by atoms with van der Waals surface area (Å²) < 4.78 is 10.8. The summed E-state index contributed by atoms with van der Waals surface area (Å²) in [4.78, 5) is 33.1. The molecule has 2 aromatic heterocycles. The molecular formula is C19H22N3O4+. The summed E-state index contributed by atoms with van der Waals surface area (Å²) in [5, 5.41) is 0.841. The number of benzene rings is 1. The van der Waals surface area contributed by atoms with Crippen LogP contribution in [0.25, 0.3) is 22.1 Å². The van der Waals surface area contributed by atoms with E-state index >= 15 is 0 Å². The lowest BCUT2D eigenvalue weighted by atomic mass is 9.98. The first-order valence-electron chi connectivity index (χ1n) is 9.06. The second kappa shape index (κ2) is 6.92. The fourth-order valence-corrected chi connectivity index (χ4v) is 3.74. The molecule has 0 aliphatic carbocycles. The number of carbonyl (C=O) groups is 1. The molecule has 0 radical (unpaired) electrons. The number of furan rings is 1. The molecule has 1 unspecified atom stereocenters. The molecule has 0 bridgehead atoms. The number of fused-ring (bicyclic) bond motifs is 3. The summed E-state index contributed by atoms with van der Waals surface area (Å²) in [7, 11) is 0. The fourth-order valence-electron chi connectivity index (χ4n) is 3.74. The first-order valence-corrected chi connectivity index (χ1v) is 9.06. The van der Waals surface area contributed by atoms with Crippen LogP contribution < -0.4 is 10.5 Å². The zero-order valence-corrected chi connectivity index (χ0v) is 14.7. The van der Waals surface area contributed by atoms with E-state index in [9.17, 15) is 9.59 Å². The van der Waals surface area contributed by atoms with Crippen molar-refractivity contribution < 1.29 is 18.8 Å². The minimum Gasteiger partial charge on any atom is -0.466 e. The number of ether oxygens (including phenoxy) is 1. The second-order valence-electron chi connectivity index (χ2n) is 6.76. The smallest absolute Gasteiger partial charge is 0.314 e. The largest absolute Gasteiger partial charge is 0.466 e.